The van der Waals surface area contributed by atoms with Gasteiger partial charge < -0.3 is 0 Å². The van der Waals surface area contributed by atoms with Crippen molar-refractivity contribution >= 4 is 47.1 Å². The molecule has 0 saturated heterocycles. The molecule has 0 spiro atoms. The maximum atomic E-state index is 10.5. The van der Waals surface area contributed by atoms with Crippen LogP contribution in [0.25, 0.3) is 22.3 Å². The third-order valence-corrected chi connectivity index (χ3v) is 5.56. The molecule has 0 aliphatic rings. The second kappa shape index (κ2) is 13.5. The van der Waals surface area contributed by atoms with Crippen molar-refractivity contribution in [1.82, 2.24) is 0 Å². The van der Waals surface area contributed by atoms with Gasteiger partial charge in [0.25, 0.3) is 0 Å². The predicted octanol–water partition coefficient (Wildman–Crippen LogP) is 7.19. The number of rotatable bonds is 6. The van der Waals surface area contributed by atoms with E-state index in [0.717, 1.165) is 33.4 Å². The van der Waals surface area contributed by atoms with Crippen molar-refractivity contribution in [1.29, 1.82) is 0 Å². The third-order valence-electron chi connectivity index (χ3n) is 5.56. The Labute approximate surface area is 218 Å². The highest BCUT2D eigenvalue weighted by Gasteiger charge is 2.10. The van der Waals surface area contributed by atoms with Gasteiger partial charge in [-0.15, -0.1) is 0 Å². The third kappa shape index (κ3) is 6.75. The topological polar surface area (TPSA) is 118 Å². The molecular formula is C30H20N4O4. The van der Waals surface area contributed by atoms with Gasteiger partial charge in [-0.1, -0.05) is 54.6 Å². The number of carbonyl (C=O) groups excluding carboxylic acids is 4. The minimum atomic E-state index is 0.315. The summed E-state index contributed by atoms with van der Waals surface area (Å²) in [5, 5.41) is 0. The van der Waals surface area contributed by atoms with Gasteiger partial charge >= 0.3 is 0 Å². The van der Waals surface area contributed by atoms with Gasteiger partial charge in [-0.05, 0) is 77.6 Å². The molecule has 38 heavy (non-hydrogen) atoms. The quantitative estimate of drug-likeness (QED) is 0.205. The fourth-order valence-corrected chi connectivity index (χ4v) is 3.73. The number of hydrogen-bond acceptors (Lipinski definition) is 8. The van der Waals surface area contributed by atoms with Crippen LogP contribution in [-0.2, 0) is 19.2 Å². The van der Waals surface area contributed by atoms with Gasteiger partial charge in [-0.2, -0.15) is 20.0 Å². The molecule has 0 bridgehead atoms. The summed E-state index contributed by atoms with van der Waals surface area (Å²) >= 11 is 0. The molecule has 0 aliphatic heterocycles. The first-order valence-corrected chi connectivity index (χ1v) is 11.2. The average Bonchev–Trinajstić information content (AvgIpc) is 2.94. The minimum Gasteiger partial charge on any atom is -0.211 e. The Morgan fingerprint density at radius 3 is 1.71 bits per heavy atom. The summed E-state index contributed by atoms with van der Waals surface area (Å²) in [5.74, 6) is 0. The molecule has 0 unspecified atom stereocenters. The van der Waals surface area contributed by atoms with Crippen molar-refractivity contribution in [2.75, 3.05) is 0 Å². The highest BCUT2D eigenvalue weighted by atomic mass is 16.1. The maximum absolute atomic E-state index is 10.5. The van der Waals surface area contributed by atoms with E-state index in [1.54, 1.807) is 24.3 Å². The first kappa shape index (κ1) is 27.0. The van der Waals surface area contributed by atoms with Crippen molar-refractivity contribution < 1.29 is 19.2 Å². The Balaban J connectivity index is 0.000000211. The van der Waals surface area contributed by atoms with Crippen LogP contribution in [0.4, 0.5) is 22.7 Å². The van der Waals surface area contributed by atoms with E-state index in [1.807, 2.05) is 74.5 Å². The van der Waals surface area contributed by atoms with E-state index in [9.17, 15) is 19.2 Å². The second-order valence-corrected chi connectivity index (χ2v) is 7.83. The van der Waals surface area contributed by atoms with Crippen LogP contribution in [0.1, 0.15) is 11.1 Å². The summed E-state index contributed by atoms with van der Waals surface area (Å²) < 4.78 is 0. The molecule has 0 heterocycles. The van der Waals surface area contributed by atoms with E-state index < -0.39 is 0 Å². The van der Waals surface area contributed by atoms with Crippen LogP contribution >= 0.6 is 0 Å². The first-order valence-electron chi connectivity index (χ1n) is 11.2. The standard InChI is InChI=1S/2C15H10N2O2/c1-11-8-13(4-7-15(11)17-10-19)12-2-5-14(6-3-12)16-9-18;1-11-13(12-5-3-2-4-6-12)7-8-14(16-9-18)15(11)17-10-19/h2*2-8H,1H3. The molecule has 184 valence electrons. The molecule has 0 atom stereocenters. The lowest BCUT2D eigenvalue weighted by Gasteiger charge is -2.09. The molecule has 0 aliphatic carbocycles. The molecular weight excluding hydrogens is 480 g/mol. The molecule has 0 aromatic heterocycles. The second-order valence-electron chi connectivity index (χ2n) is 7.83. The monoisotopic (exact) mass is 500 g/mol. The largest absolute Gasteiger partial charge is 0.240 e. The van der Waals surface area contributed by atoms with Gasteiger partial charge in [0.1, 0.15) is 11.4 Å². The Kier molecular flexibility index (Phi) is 9.58. The zero-order valence-electron chi connectivity index (χ0n) is 20.5. The van der Waals surface area contributed by atoms with E-state index in [-0.39, 0.29) is 0 Å². The molecule has 0 radical (unpaired) electrons. The van der Waals surface area contributed by atoms with Crippen molar-refractivity contribution in [3.05, 3.63) is 96.1 Å². The number of isocyanates is 4. The van der Waals surface area contributed by atoms with Crippen molar-refractivity contribution in [2.45, 2.75) is 13.8 Å². The SMILES string of the molecule is Cc1c(-c2ccccc2)ccc(N=C=O)c1N=C=O.Cc1cc(-c2ccc(N=C=O)cc2)ccc1N=C=O. The predicted molar refractivity (Wildman–Crippen MR) is 144 cm³/mol. The van der Waals surface area contributed by atoms with Crippen LogP contribution in [0.5, 0.6) is 0 Å². The molecule has 0 fully saturated rings. The average molecular weight is 501 g/mol. The molecule has 4 aromatic carbocycles. The van der Waals surface area contributed by atoms with E-state index in [2.05, 4.69) is 20.0 Å². The number of nitrogens with zero attached hydrogens (tertiary/aromatic N) is 4. The lowest BCUT2D eigenvalue weighted by Crippen LogP contribution is -1.84. The van der Waals surface area contributed by atoms with Crippen LogP contribution in [0.3, 0.4) is 0 Å². The van der Waals surface area contributed by atoms with Crippen LogP contribution in [0.15, 0.2) is 105 Å². The molecule has 0 saturated carbocycles. The van der Waals surface area contributed by atoms with Crippen LogP contribution in [0, 0.1) is 13.8 Å². The minimum absolute atomic E-state index is 0.315. The van der Waals surface area contributed by atoms with Crippen LogP contribution in [-0.4, -0.2) is 24.3 Å². The Morgan fingerprint density at radius 2 is 1.11 bits per heavy atom. The molecule has 4 rings (SSSR count). The van der Waals surface area contributed by atoms with Gasteiger partial charge in [-0.3, -0.25) is 0 Å². The lowest BCUT2D eigenvalue weighted by atomic mass is 9.98. The van der Waals surface area contributed by atoms with E-state index in [0.29, 0.717) is 22.7 Å². The van der Waals surface area contributed by atoms with E-state index >= 15 is 0 Å². The Hall–Kier alpha value is -5.60. The summed E-state index contributed by atoms with van der Waals surface area (Å²) in [4.78, 5) is 55.6. The Bertz CT molecular complexity index is 1640. The number of hydrogen-bond donors (Lipinski definition) is 0. The summed E-state index contributed by atoms with van der Waals surface area (Å²) in [5.41, 5.74) is 7.44. The van der Waals surface area contributed by atoms with Crippen LogP contribution in [0.2, 0.25) is 0 Å². The van der Waals surface area contributed by atoms with Gasteiger partial charge in [-0.25, -0.2) is 19.2 Å². The molecule has 8 nitrogen and oxygen atoms in total. The summed E-state index contributed by atoms with van der Waals surface area (Å²) in [6.07, 6.45) is 5.97. The van der Waals surface area contributed by atoms with Gasteiger partial charge in [0.2, 0.25) is 24.3 Å². The lowest BCUT2D eigenvalue weighted by molar-refractivity contribution is 0.564. The summed E-state index contributed by atoms with van der Waals surface area (Å²) in [6, 6.07) is 26.0. The first-order chi connectivity index (χ1) is 18.5. The zero-order valence-corrected chi connectivity index (χ0v) is 20.5. The van der Waals surface area contributed by atoms with Gasteiger partial charge in [0.15, 0.2) is 0 Å². The highest BCUT2D eigenvalue weighted by Crippen LogP contribution is 2.37. The number of aryl methyl sites for hydroxylation is 1. The molecule has 8 heteroatoms. The van der Waals surface area contributed by atoms with Crippen LogP contribution < -0.4 is 0 Å². The summed E-state index contributed by atoms with van der Waals surface area (Å²) in [6.45, 7) is 3.70. The van der Waals surface area contributed by atoms with Gasteiger partial charge in [0.05, 0.1) is 11.4 Å². The highest BCUT2D eigenvalue weighted by molar-refractivity contribution is 5.81. The van der Waals surface area contributed by atoms with Crippen molar-refractivity contribution in [3.8, 4) is 22.3 Å². The van der Waals surface area contributed by atoms with Gasteiger partial charge in [0, 0.05) is 0 Å². The molecule has 4 aromatic rings. The Morgan fingerprint density at radius 1 is 0.526 bits per heavy atom. The molecule has 0 amide bonds. The fourth-order valence-electron chi connectivity index (χ4n) is 3.73. The number of aliphatic imine (C=N–C) groups is 4. The number of benzene rings is 4. The zero-order chi connectivity index (χ0) is 27.3. The van der Waals surface area contributed by atoms with Crippen molar-refractivity contribution in [3.63, 3.8) is 0 Å². The van der Waals surface area contributed by atoms with E-state index in [4.69, 9.17) is 0 Å². The summed E-state index contributed by atoms with van der Waals surface area (Å²) in [7, 11) is 0. The van der Waals surface area contributed by atoms with Crippen molar-refractivity contribution in [2.24, 2.45) is 20.0 Å². The normalized spacial score (nSPS) is 9.32. The van der Waals surface area contributed by atoms with E-state index in [1.165, 1.54) is 24.3 Å². The fraction of sp³-hybridized carbons (Fsp3) is 0.0667. The maximum Gasteiger partial charge on any atom is 0.240 e. The smallest absolute Gasteiger partial charge is 0.211 e. The molecule has 0 N–H and O–H groups in total.